The summed E-state index contributed by atoms with van der Waals surface area (Å²) in [5.41, 5.74) is 7.21. The lowest BCUT2D eigenvalue weighted by Gasteiger charge is -2.18. The summed E-state index contributed by atoms with van der Waals surface area (Å²) in [4.78, 5) is 12.3. The normalized spacial score (nSPS) is 11.9. The molecule has 0 radical (unpaired) electrons. The summed E-state index contributed by atoms with van der Waals surface area (Å²) in [5.74, 6) is 0.964. The van der Waals surface area contributed by atoms with E-state index in [4.69, 9.17) is 4.74 Å². The first-order chi connectivity index (χ1) is 11.8. The Kier molecular flexibility index (Phi) is 6.24. The molecule has 1 atom stereocenters. The Bertz CT molecular complexity index is 765. The highest BCUT2D eigenvalue weighted by Gasteiger charge is 2.13. The average molecular weight is 339 g/mol. The molecule has 2 rings (SSSR count). The molecule has 134 valence electrons. The van der Waals surface area contributed by atoms with Gasteiger partial charge in [-0.25, -0.2) is 0 Å². The van der Waals surface area contributed by atoms with Crippen molar-refractivity contribution >= 4 is 5.91 Å². The molecule has 0 aliphatic rings. The van der Waals surface area contributed by atoms with E-state index in [1.165, 1.54) is 22.3 Å². The molecule has 0 saturated carbocycles. The first-order valence-corrected chi connectivity index (χ1v) is 8.82. The third-order valence-corrected chi connectivity index (χ3v) is 4.83. The van der Waals surface area contributed by atoms with E-state index in [1.54, 1.807) is 7.11 Å². The molecule has 0 saturated heterocycles. The van der Waals surface area contributed by atoms with Gasteiger partial charge < -0.3 is 10.1 Å². The molecule has 1 amide bonds. The second-order valence-corrected chi connectivity index (χ2v) is 6.89. The second-order valence-electron chi connectivity index (χ2n) is 6.89. The van der Waals surface area contributed by atoms with E-state index in [0.717, 1.165) is 23.3 Å². The van der Waals surface area contributed by atoms with Crippen LogP contribution in [0.2, 0.25) is 0 Å². The van der Waals surface area contributed by atoms with E-state index in [9.17, 15) is 4.79 Å². The summed E-state index contributed by atoms with van der Waals surface area (Å²) in [6, 6.07) is 10.5. The van der Waals surface area contributed by atoms with Crippen molar-refractivity contribution in [2.75, 3.05) is 7.11 Å². The average Bonchev–Trinajstić information content (AvgIpc) is 2.56. The molecular weight excluding hydrogens is 310 g/mol. The number of amides is 1. The first kappa shape index (κ1) is 19.0. The molecular formula is C22H29NO2. The Balaban J connectivity index is 1.96. The maximum absolute atomic E-state index is 12.3. The van der Waals surface area contributed by atoms with Gasteiger partial charge in [-0.1, -0.05) is 24.3 Å². The van der Waals surface area contributed by atoms with Crippen molar-refractivity contribution in [1.82, 2.24) is 5.32 Å². The summed E-state index contributed by atoms with van der Waals surface area (Å²) < 4.78 is 5.28. The number of benzene rings is 2. The van der Waals surface area contributed by atoms with Crippen LogP contribution in [0.25, 0.3) is 0 Å². The third-order valence-electron chi connectivity index (χ3n) is 4.83. The lowest BCUT2D eigenvalue weighted by molar-refractivity contribution is -0.121. The maximum Gasteiger partial charge on any atom is 0.220 e. The number of aryl methyl sites for hydroxylation is 5. The summed E-state index contributed by atoms with van der Waals surface area (Å²) in [7, 11) is 1.67. The van der Waals surface area contributed by atoms with Gasteiger partial charge in [0, 0.05) is 6.42 Å². The smallest absolute Gasteiger partial charge is 0.220 e. The minimum absolute atomic E-state index is 0.0180. The molecule has 0 unspecified atom stereocenters. The topological polar surface area (TPSA) is 38.3 Å². The number of hydrogen-bond acceptors (Lipinski definition) is 2. The van der Waals surface area contributed by atoms with E-state index in [2.05, 4.69) is 44.3 Å². The SMILES string of the molecule is COc1ccc(CCC(=O)N[C@H](C)c2cc(C)c(C)cc2C)cc1C. The monoisotopic (exact) mass is 339 g/mol. The molecule has 0 aliphatic heterocycles. The van der Waals surface area contributed by atoms with Gasteiger partial charge in [-0.05, 0) is 80.5 Å². The molecule has 0 heterocycles. The molecule has 0 spiro atoms. The van der Waals surface area contributed by atoms with Crippen LogP contribution >= 0.6 is 0 Å². The minimum atomic E-state index is 0.0180. The standard InChI is InChI=1S/C22H29NO2/c1-14-11-16(3)20(13-15(14)2)18(5)23-22(24)10-8-19-7-9-21(25-6)17(4)12-19/h7,9,11-13,18H,8,10H2,1-6H3,(H,23,24)/t18-/m1/s1. The molecule has 0 aliphatic carbocycles. The van der Waals surface area contributed by atoms with Crippen molar-refractivity contribution < 1.29 is 9.53 Å². The van der Waals surface area contributed by atoms with E-state index in [-0.39, 0.29) is 11.9 Å². The Morgan fingerprint density at radius 3 is 2.32 bits per heavy atom. The van der Waals surface area contributed by atoms with E-state index in [1.807, 2.05) is 26.0 Å². The van der Waals surface area contributed by atoms with Crippen LogP contribution in [0.4, 0.5) is 0 Å². The predicted octanol–water partition coefficient (Wildman–Crippen LogP) is 4.74. The van der Waals surface area contributed by atoms with Gasteiger partial charge in [0.1, 0.15) is 5.75 Å². The van der Waals surface area contributed by atoms with Crippen LogP contribution in [0.3, 0.4) is 0 Å². The zero-order valence-corrected chi connectivity index (χ0v) is 16.2. The zero-order chi connectivity index (χ0) is 18.6. The number of nitrogens with one attached hydrogen (secondary N) is 1. The summed E-state index contributed by atoms with van der Waals surface area (Å²) in [5, 5.41) is 3.13. The summed E-state index contributed by atoms with van der Waals surface area (Å²) in [6.45, 7) is 10.4. The Labute approximate surface area is 151 Å². The molecule has 0 bridgehead atoms. The number of rotatable bonds is 6. The Morgan fingerprint density at radius 1 is 1.00 bits per heavy atom. The molecule has 3 nitrogen and oxygen atoms in total. The maximum atomic E-state index is 12.3. The molecule has 2 aromatic rings. The summed E-state index contributed by atoms with van der Waals surface area (Å²) >= 11 is 0. The fraction of sp³-hybridized carbons (Fsp3) is 0.409. The highest BCUT2D eigenvalue weighted by Crippen LogP contribution is 2.22. The van der Waals surface area contributed by atoms with Crippen LogP contribution in [-0.2, 0) is 11.2 Å². The van der Waals surface area contributed by atoms with Gasteiger partial charge in [0.15, 0.2) is 0 Å². The van der Waals surface area contributed by atoms with Gasteiger partial charge >= 0.3 is 0 Å². The fourth-order valence-corrected chi connectivity index (χ4v) is 3.19. The molecule has 0 aromatic heterocycles. The van der Waals surface area contributed by atoms with Crippen LogP contribution in [-0.4, -0.2) is 13.0 Å². The lowest BCUT2D eigenvalue weighted by atomic mass is 9.96. The number of ether oxygens (including phenoxy) is 1. The van der Waals surface area contributed by atoms with Crippen molar-refractivity contribution in [2.45, 2.75) is 53.5 Å². The van der Waals surface area contributed by atoms with E-state index in [0.29, 0.717) is 6.42 Å². The summed E-state index contributed by atoms with van der Waals surface area (Å²) in [6.07, 6.45) is 1.22. The predicted molar refractivity (Wildman–Crippen MR) is 103 cm³/mol. The van der Waals surface area contributed by atoms with Gasteiger partial charge in [0.05, 0.1) is 13.2 Å². The fourth-order valence-electron chi connectivity index (χ4n) is 3.19. The van der Waals surface area contributed by atoms with Crippen LogP contribution in [0, 0.1) is 27.7 Å². The van der Waals surface area contributed by atoms with Gasteiger partial charge in [-0.3, -0.25) is 4.79 Å². The largest absolute Gasteiger partial charge is 0.496 e. The van der Waals surface area contributed by atoms with Gasteiger partial charge in [-0.15, -0.1) is 0 Å². The van der Waals surface area contributed by atoms with Crippen molar-refractivity contribution in [1.29, 1.82) is 0 Å². The Hall–Kier alpha value is -2.29. The zero-order valence-electron chi connectivity index (χ0n) is 16.2. The van der Waals surface area contributed by atoms with Crippen LogP contribution in [0.1, 0.15) is 52.8 Å². The number of carbonyl (C=O) groups excluding carboxylic acids is 1. The lowest BCUT2D eigenvalue weighted by Crippen LogP contribution is -2.27. The van der Waals surface area contributed by atoms with Gasteiger partial charge in [0.2, 0.25) is 5.91 Å². The van der Waals surface area contributed by atoms with E-state index >= 15 is 0 Å². The minimum Gasteiger partial charge on any atom is -0.496 e. The first-order valence-electron chi connectivity index (χ1n) is 8.82. The number of carbonyl (C=O) groups is 1. The van der Waals surface area contributed by atoms with Crippen LogP contribution < -0.4 is 10.1 Å². The van der Waals surface area contributed by atoms with Crippen molar-refractivity contribution in [3.63, 3.8) is 0 Å². The van der Waals surface area contributed by atoms with Crippen molar-refractivity contribution in [3.05, 3.63) is 63.7 Å². The Morgan fingerprint density at radius 2 is 1.68 bits per heavy atom. The van der Waals surface area contributed by atoms with Crippen LogP contribution in [0.15, 0.2) is 30.3 Å². The third kappa shape index (κ3) is 4.85. The highest BCUT2D eigenvalue weighted by atomic mass is 16.5. The van der Waals surface area contributed by atoms with Crippen molar-refractivity contribution in [2.24, 2.45) is 0 Å². The van der Waals surface area contributed by atoms with Gasteiger partial charge in [0.25, 0.3) is 0 Å². The second kappa shape index (κ2) is 8.19. The molecule has 3 heteroatoms. The molecule has 2 aromatic carbocycles. The molecule has 1 N–H and O–H groups in total. The quantitative estimate of drug-likeness (QED) is 0.825. The van der Waals surface area contributed by atoms with Crippen LogP contribution in [0.5, 0.6) is 5.75 Å². The number of methoxy groups -OCH3 is 1. The number of hydrogen-bond donors (Lipinski definition) is 1. The van der Waals surface area contributed by atoms with Gasteiger partial charge in [-0.2, -0.15) is 0 Å². The molecule has 0 fully saturated rings. The molecule has 25 heavy (non-hydrogen) atoms. The van der Waals surface area contributed by atoms with Crippen molar-refractivity contribution in [3.8, 4) is 5.75 Å². The van der Waals surface area contributed by atoms with E-state index < -0.39 is 0 Å². The highest BCUT2D eigenvalue weighted by molar-refractivity contribution is 5.76.